The van der Waals surface area contributed by atoms with Crippen molar-refractivity contribution in [3.05, 3.63) is 23.3 Å². The van der Waals surface area contributed by atoms with E-state index in [1.54, 1.807) is 11.3 Å². The van der Waals surface area contributed by atoms with Crippen molar-refractivity contribution in [2.24, 2.45) is 5.73 Å². The van der Waals surface area contributed by atoms with Crippen LogP contribution in [-0.4, -0.2) is 21.7 Å². The Morgan fingerprint density at radius 2 is 2.50 bits per heavy atom. The standard InChI is InChI=1S/C9H12N4S/c1-6(5-10)8-11-9(13-12-8)7-3-2-4-14-7/h2-4,6H,5,10H2,1H3,(H,11,12,13). The van der Waals surface area contributed by atoms with Gasteiger partial charge in [0.2, 0.25) is 0 Å². The smallest absolute Gasteiger partial charge is 0.191 e. The maximum absolute atomic E-state index is 5.55. The maximum atomic E-state index is 5.55. The Balaban J connectivity index is 2.26. The van der Waals surface area contributed by atoms with Gasteiger partial charge in [-0.2, -0.15) is 5.10 Å². The van der Waals surface area contributed by atoms with E-state index in [2.05, 4.69) is 15.2 Å². The highest BCUT2D eigenvalue weighted by Gasteiger charge is 2.10. The van der Waals surface area contributed by atoms with Crippen molar-refractivity contribution in [1.82, 2.24) is 15.2 Å². The number of H-pyrrole nitrogens is 1. The summed E-state index contributed by atoms with van der Waals surface area (Å²) in [6.07, 6.45) is 0. The van der Waals surface area contributed by atoms with Gasteiger partial charge in [0.15, 0.2) is 5.82 Å². The van der Waals surface area contributed by atoms with Crippen LogP contribution in [0.15, 0.2) is 17.5 Å². The minimum absolute atomic E-state index is 0.233. The summed E-state index contributed by atoms with van der Waals surface area (Å²) in [6.45, 7) is 2.61. The van der Waals surface area contributed by atoms with Crippen LogP contribution >= 0.6 is 11.3 Å². The van der Waals surface area contributed by atoms with Crippen molar-refractivity contribution < 1.29 is 0 Å². The van der Waals surface area contributed by atoms with Crippen LogP contribution in [-0.2, 0) is 0 Å². The highest BCUT2D eigenvalue weighted by Crippen LogP contribution is 2.21. The Morgan fingerprint density at radius 1 is 1.64 bits per heavy atom. The third-order valence-electron chi connectivity index (χ3n) is 2.06. The number of nitrogens with zero attached hydrogens (tertiary/aromatic N) is 2. The molecular formula is C9H12N4S. The van der Waals surface area contributed by atoms with Gasteiger partial charge in [0.25, 0.3) is 0 Å². The number of rotatable bonds is 3. The van der Waals surface area contributed by atoms with Gasteiger partial charge in [0.05, 0.1) is 4.88 Å². The highest BCUT2D eigenvalue weighted by molar-refractivity contribution is 7.13. The molecule has 74 valence electrons. The molecule has 0 radical (unpaired) electrons. The van der Waals surface area contributed by atoms with Gasteiger partial charge in [-0.3, -0.25) is 5.10 Å². The molecule has 0 aromatic carbocycles. The van der Waals surface area contributed by atoms with Gasteiger partial charge in [-0.15, -0.1) is 11.3 Å². The SMILES string of the molecule is CC(CN)c1nc(-c2cccs2)n[nH]1. The summed E-state index contributed by atoms with van der Waals surface area (Å²) in [4.78, 5) is 5.47. The molecule has 0 amide bonds. The third kappa shape index (κ3) is 1.69. The zero-order valence-corrected chi connectivity index (χ0v) is 8.71. The fourth-order valence-electron chi connectivity index (χ4n) is 1.12. The minimum Gasteiger partial charge on any atom is -0.330 e. The van der Waals surface area contributed by atoms with Crippen LogP contribution < -0.4 is 5.73 Å². The fourth-order valence-corrected chi connectivity index (χ4v) is 1.78. The first-order valence-electron chi connectivity index (χ1n) is 4.47. The maximum Gasteiger partial charge on any atom is 0.191 e. The molecule has 0 aliphatic heterocycles. The number of aromatic amines is 1. The summed E-state index contributed by atoms with van der Waals surface area (Å²) in [5.41, 5.74) is 5.55. The topological polar surface area (TPSA) is 67.6 Å². The molecule has 4 nitrogen and oxygen atoms in total. The molecule has 5 heteroatoms. The highest BCUT2D eigenvalue weighted by atomic mass is 32.1. The molecule has 2 heterocycles. The molecule has 2 rings (SSSR count). The Labute approximate surface area is 86.2 Å². The van der Waals surface area contributed by atoms with E-state index in [0.717, 1.165) is 16.5 Å². The molecular weight excluding hydrogens is 196 g/mol. The lowest BCUT2D eigenvalue weighted by molar-refractivity contribution is 0.716. The predicted octanol–water partition coefficient (Wildman–Crippen LogP) is 1.60. The summed E-state index contributed by atoms with van der Waals surface area (Å²) in [5.74, 6) is 1.85. The summed E-state index contributed by atoms with van der Waals surface area (Å²) < 4.78 is 0. The largest absolute Gasteiger partial charge is 0.330 e. The van der Waals surface area contributed by atoms with Crippen molar-refractivity contribution in [3.8, 4) is 10.7 Å². The Morgan fingerprint density at radius 3 is 3.14 bits per heavy atom. The summed E-state index contributed by atoms with van der Waals surface area (Å²) in [7, 11) is 0. The van der Waals surface area contributed by atoms with E-state index in [9.17, 15) is 0 Å². The molecule has 0 saturated carbocycles. The van der Waals surface area contributed by atoms with E-state index in [1.165, 1.54) is 0 Å². The van der Waals surface area contributed by atoms with Crippen molar-refractivity contribution in [3.63, 3.8) is 0 Å². The summed E-state index contributed by atoms with van der Waals surface area (Å²) in [5, 5.41) is 9.07. The Hall–Kier alpha value is -1.20. The quantitative estimate of drug-likeness (QED) is 0.805. The van der Waals surface area contributed by atoms with Crippen molar-refractivity contribution in [2.75, 3.05) is 6.54 Å². The number of hydrogen-bond donors (Lipinski definition) is 2. The van der Waals surface area contributed by atoms with Gasteiger partial charge < -0.3 is 5.73 Å². The molecule has 3 N–H and O–H groups in total. The normalized spacial score (nSPS) is 13.0. The van der Waals surface area contributed by atoms with E-state index >= 15 is 0 Å². The van der Waals surface area contributed by atoms with Crippen LogP contribution in [0.5, 0.6) is 0 Å². The second-order valence-electron chi connectivity index (χ2n) is 3.16. The monoisotopic (exact) mass is 208 g/mol. The van der Waals surface area contributed by atoms with Crippen LogP contribution in [0.25, 0.3) is 10.7 Å². The van der Waals surface area contributed by atoms with Crippen LogP contribution in [0.1, 0.15) is 18.7 Å². The van der Waals surface area contributed by atoms with E-state index in [4.69, 9.17) is 5.73 Å². The zero-order chi connectivity index (χ0) is 9.97. The molecule has 0 spiro atoms. The Kier molecular flexibility index (Phi) is 2.60. The van der Waals surface area contributed by atoms with Gasteiger partial charge in [0.1, 0.15) is 5.82 Å². The lowest BCUT2D eigenvalue weighted by Gasteiger charge is -2.00. The van der Waals surface area contributed by atoms with Gasteiger partial charge in [-0.05, 0) is 11.4 Å². The summed E-state index contributed by atoms with van der Waals surface area (Å²) in [6, 6.07) is 3.99. The second kappa shape index (κ2) is 3.89. The average Bonchev–Trinajstić information content (AvgIpc) is 2.86. The average molecular weight is 208 g/mol. The fraction of sp³-hybridized carbons (Fsp3) is 0.333. The number of nitrogens with one attached hydrogen (secondary N) is 1. The first-order chi connectivity index (χ1) is 6.81. The molecule has 0 aliphatic carbocycles. The van der Waals surface area contributed by atoms with Crippen molar-refractivity contribution in [1.29, 1.82) is 0 Å². The number of nitrogens with two attached hydrogens (primary N) is 1. The van der Waals surface area contributed by atoms with E-state index in [1.807, 2.05) is 24.4 Å². The third-order valence-corrected chi connectivity index (χ3v) is 2.93. The predicted molar refractivity (Wildman–Crippen MR) is 57.2 cm³/mol. The van der Waals surface area contributed by atoms with Gasteiger partial charge in [-0.25, -0.2) is 4.98 Å². The Bertz CT molecular complexity index is 393. The second-order valence-corrected chi connectivity index (χ2v) is 4.11. The number of hydrogen-bond acceptors (Lipinski definition) is 4. The number of thiophene rings is 1. The molecule has 0 bridgehead atoms. The molecule has 0 fully saturated rings. The summed E-state index contributed by atoms with van der Waals surface area (Å²) >= 11 is 1.63. The zero-order valence-electron chi connectivity index (χ0n) is 7.90. The molecule has 2 aromatic heterocycles. The minimum atomic E-state index is 0.233. The first kappa shape index (κ1) is 9.36. The van der Waals surface area contributed by atoms with E-state index < -0.39 is 0 Å². The van der Waals surface area contributed by atoms with E-state index in [0.29, 0.717) is 6.54 Å². The van der Waals surface area contributed by atoms with Crippen molar-refractivity contribution in [2.45, 2.75) is 12.8 Å². The van der Waals surface area contributed by atoms with Crippen molar-refractivity contribution >= 4 is 11.3 Å². The molecule has 0 saturated heterocycles. The molecule has 2 aromatic rings. The number of aromatic nitrogens is 3. The van der Waals surface area contributed by atoms with Gasteiger partial charge in [0, 0.05) is 12.5 Å². The molecule has 1 unspecified atom stereocenters. The van der Waals surface area contributed by atoms with Crippen LogP contribution in [0.2, 0.25) is 0 Å². The van der Waals surface area contributed by atoms with E-state index in [-0.39, 0.29) is 5.92 Å². The van der Waals surface area contributed by atoms with Crippen LogP contribution in [0, 0.1) is 0 Å². The van der Waals surface area contributed by atoms with Gasteiger partial charge in [-0.1, -0.05) is 13.0 Å². The van der Waals surface area contributed by atoms with Crippen LogP contribution in [0.4, 0.5) is 0 Å². The molecule has 1 atom stereocenters. The lowest BCUT2D eigenvalue weighted by atomic mass is 10.2. The van der Waals surface area contributed by atoms with Crippen LogP contribution in [0.3, 0.4) is 0 Å². The lowest BCUT2D eigenvalue weighted by Crippen LogP contribution is -2.10. The molecule has 0 aliphatic rings. The first-order valence-corrected chi connectivity index (χ1v) is 5.35. The molecule has 14 heavy (non-hydrogen) atoms. The van der Waals surface area contributed by atoms with Gasteiger partial charge >= 0.3 is 0 Å².